The number of aliphatic hydroxyl groups is 3. The fraction of sp³-hybridized carbons (Fsp3) is 0.300. The maximum Gasteiger partial charge on any atom is 0.426 e. The maximum absolute atomic E-state index is 12.8. The van der Waals surface area contributed by atoms with E-state index < -0.39 is 51.2 Å². The lowest BCUT2D eigenvalue weighted by atomic mass is 10.1. The second kappa shape index (κ2) is 10.3. The molecule has 2 aromatic carbocycles. The van der Waals surface area contributed by atoms with E-state index in [1.807, 2.05) is 0 Å². The van der Waals surface area contributed by atoms with E-state index in [0.29, 0.717) is 0 Å². The van der Waals surface area contributed by atoms with Crippen molar-refractivity contribution in [3.8, 4) is 0 Å². The predicted molar refractivity (Wildman–Crippen MR) is 114 cm³/mol. The molecule has 0 bridgehead atoms. The molecule has 0 aliphatic carbocycles. The van der Waals surface area contributed by atoms with Crippen LogP contribution in [0.2, 0.25) is 5.02 Å². The van der Waals surface area contributed by atoms with Gasteiger partial charge >= 0.3 is 6.18 Å². The third kappa shape index (κ3) is 6.04. The van der Waals surface area contributed by atoms with Crippen LogP contribution < -0.4 is 10.6 Å². The highest BCUT2D eigenvalue weighted by molar-refractivity contribution is 7.91. The first kappa shape index (κ1) is 27.5. The molecule has 0 aliphatic heterocycles. The molecule has 34 heavy (non-hydrogen) atoms. The van der Waals surface area contributed by atoms with Crippen molar-refractivity contribution in [2.45, 2.75) is 34.6 Å². The van der Waals surface area contributed by atoms with E-state index >= 15 is 0 Å². The molecule has 2 rings (SSSR count). The molecule has 0 spiro atoms. The summed E-state index contributed by atoms with van der Waals surface area (Å²) in [4.78, 5) is 23.2. The van der Waals surface area contributed by atoms with E-state index in [9.17, 15) is 41.4 Å². The van der Waals surface area contributed by atoms with Crippen molar-refractivity contribution in [1.82, 2.24) is 5.32 Å². The minimum Gasteiger partial charge on any atom is -0.394 e. The van der Waals surface area contributed by atoms with Gasteiger partial charge in [0.1, 0.15) is 0 Å². The largest absolute Gasteiger partial charge is 0.426 e. The Morgan fingerprint density at radius 3 is 2.15 bits per heavy atom. The Morgan fingerprint density at radius 2 is 1.65 bits per heavy atom. The van der Waals surface area contributed by atoms with Gasteiger partial charge in [-0.3, -0.25) is 9.59 Å². The maximum atomic E-state index is 12.8. The predicted octanol–water partition coefficient (Wildman–Crippen LogP) is 1.51. The summed E-state index contributed by atoms with van der Waals surface area (Å²) in [5.74, 6) is -2.42. The van der Waals surface area contributed by atoms with Crippen LogP contribution in [0.3, 0.4) is 0 Å². The average Bonchev–Trinajstić information content (AvgIpc) is 2.77. The molecule has 14 heteroatoms. The number of alkyl halides is 3. The fourth-order valence-electron chi connectivity index (χ4n) is 2.44. The van der Waals surface area contributed by atoms with Crippen LogP contribution >= 0.6 is 11.6 Å². The monoisotopic (exact) mass is 524 g/mol. The molecule has 2 atom stereocenters. The lowest BCUT2D eigenvalue weighted by Gasteiger charge is -2.25. The van der Waals surface area contributed by atoms with E-state index in [1.54, 1.807) is 5.32 Å². The Kier molecular flexibility index (Phi) is 8.32. The van der Waals surface area contributed by atoms with Crippen molar-refractivity contribution in [2.75, 3.05) is 18.5 Å². The number of halogens is 4. The van der Waals surface area contributed by atoms with Crippen LogP contribution in [0.15, 0.2) is 52.3 Å². The molecule has 2 unspecified atom stereocenters. The van der Waals surface area contributed by atoms with E-state index in [-0.39, 0.29) is 34.5 Å². The normalized spacial score (nSPS) is 14.7. The van der Waals surface area contributed by atoms with E-state index in [0.717, 1.165) is 30.3 Å². The standard InChI is InChI=1S/C20H20ClF3N2O7S/c1-19(31,20(22,23)24)18(30)26-16-7-6-14(8-15(16)21)34(32,33)13-4-2-11(3-5-13)17(29)25-9-12(28)10-27/h2-8,12,27-28,31H,9-10H2,1H3,(H,25,29)(H,26,30). The Morgan fingerprint density at radius 1 is 1.09 bits per heavy atom. The van der Waals surface area contributed by atoms with Crippen LogP contribution in [0.1, 0.15) is 17.3 Å². The van der Waals surface area contributed by atoms with Crippen LogP contribution in [0, 0.1) is 0 Å². The summed E-state index contributed by atoms with van der Waals surface area (Å²) in [6.45, 7) is -0.507. The summed E-state index contributed by atoms with van der Waals surface area (Å²) in [5, 5.41) is 31.2. The Balaban J connectivity index is 2.22. The van der Waals surface area contributed by atoms with Gasteiger partial charge in [-0.1, -0.05) is 11.6 Å². The number of hydrogen-bond donors (Lipinski definition) is 5. The number of aliphatic hydroxyl groups excluding tert-OH is 2. The zero-order valence-electron chi connectivity index (χ0n) is 17.4. The fourth-order valence-corrected chi connectivity index (χ4v) is 4.02. The molecular formula is C20H20ClF3N2O7S. The van der Waals surface area contributed by atoms with Crippen molar-refractivity contribution in [2.24, 2.45) is 0 Å². The summed E-state index contributed by atoms with van der Waals surface area (Å²) in [5.41, 5.74) is -3.98. The number of carbonyl (C=O) groups excluding carboxylic acids is 2. The molecule has 9 nitrogen and oxygen atoms in total. The smallest absolute Gasteiger partial charge is 0.394 e. The highest BCUT2D eigenvalue weighted by atomic mass is 35.5. The first-order valence-corrected chi connectivity index (χ1v) is 11.3. The second-order valence-electron chi connectivity index (χ2n) is 7.24. The number of hydrogen-bond acceptors (Lipinski definition) is 7. The van der Waals surface area contributed by atoms with Gasteiger partial charge in [-0.2, -0.15) is 13.2 Å². The van der Waals surface area contributed by atoms with Crippen molar-refractivity contribution in [1.29, 1.82) is 0 Å². The van der Waals surface area contributed by atoms with E-state index in [4.69, 9.17) is 16.7 Å². The molecule has 0 aliphatic rings. The van der Waals surface area contributed by atoms with Crippen LogP contribution in [-0.2, 0) is 14.6 Å². The van der Waals surface area contributed by atoms with Gasteiger partial charge in [0, 0.05) is 12.1 Å². The molecule has 2 aromatic rings. The minimum absolute atomic E-state index is 0.0805. The van der Waals surface area contributed by atoms with Crippen LogP contribution in [0.4, 0.5) is 18.9 Å². The summed E-state index contributed by atoms with van der Waals surface area (Å²) in [7, 11) is -4.16. The third-order valence-electron chi connectivity index (χ3n) is 4.63. The summed E-state index contributed by atoms with van der Waals surface area (Å²) >= 11 is 5.94. The van der Waals surface area contributed by atoms with Gasteiger partial charge in [-0.25, -0.2) is 8.42 Å². The Bertz CT molecular complexity index is 1170. The van der Waals surface area contributed by atoms with Gasteiger partial charge in [0.2, 0.25) is 15.4 Å². The molecule has 0 aromatic heterocycles. The quantitative estimate of drug-likeness (QED) is 0.351. The minimum atomic E-state index is -5.26. The van der Waals surface area contributed by atoms with Crippen LogP contribution in [-0.4, -0.2) is 66.6 Å². The van der Waals surface area contributed by atoms with Crippen molar-refractivity contribution < 1.29 is 46.5 Å². The lowest BCUT2D eigenvalue weighted by molar-refractivity contribution is -0.242. The van der Waals surface area contributed by atoms with Gasteiger partial charge in [-0.05, 0) is 49.4 Å². The number of anilines is 1. The lowest BCUT2D eigenvalue weighted by Crippen LogP contribution is -2.52. The molecule has 0 heterocycles. The second-order valence-corrected chi connectivity index (χ2v) is 9.60. The number of carbonyl (C=O) groups is 2. The van der Waals surface area contributed by atoms with Gasteiger partial charge < -0.3 is 26.0 Å². The third-order valence-corrected chi connectivity index (χ3v) is 6.71. The molecule has 186 valence electrons. The number of benzene rings is 2. The van der Waals surface area contributed by atoms with Crippen molar-refractivity contribution >= 4 is 38.9 Å². The van der Waals surface area contributed by atoms with Crippen molar-refractivity contribution in [3.63, 3.8) is 0 Å². The molecule has 0 saturated heterocycles. The number of nitrogens with one attached hydrogen (secondary N) is 2. The SMILES string of the molecule is CC(O)(C(=O)Nc1ccc(S(=O)(=O)c2ccc(C(=O)NCC(O)CO)cc2)cc1Cl)C(F)(F)F. The van der Waals surface area contributed by atoms with Gasteiger partial charge in [0.25, 0.3) is 11.8 Å². The molecule has 0 saturated carbocycles. The number of sulfone groups is 1. The average molecular weight is 525 g/mol. The first-order valence-electron chi connectivity index (χ1n) is 9.43. The van der Waals surface area contributed by atoms with Gasteiger partial charge in [-0.15, -0.1) is 0 Å². The van der Waals surface area contributed by atoms with Crippen LogP contribution in [0.5, 0.6) is 0 Å². The molecule has 0 radical (unpaired) electrons. The van der Waals surface area contributed by atoms with E-state index in [1.165, 1.54) is 12.1 Å². The Hall–Kier alpha value is -2.71. The zero-order valence-corrected chi connectivity index (χ0v) is 19.0. The Labute approximate surface area is 197 Å². The number of rotatable bonds is 8. The molecule has 5 N–H and O–H groups in total. The summed E-state index contributed by atoms with van der Waals surface area (Å²) in [6.07, 6.45) is -6.41. The van der Waals surface area contributed by atoms with Crippen molar-refractivity contribution in [3.05, 3.63) is 53.1 Å². The zero-order chi connectivity index (χ0) is 25.9. The molecule has 0 fully saturated rings. The topological polar surface area (TPSA) is 153 Å². The summed E-state index contributed by atoms with van der Waals surface area (Å²) in [6, 6.07) is 7.56. The van der Waals surface area contributed by atoms with Crippen LogP contribution in [0.25, 0.3) is 0 Å². The highest BCUT2D eigenvalue weighted by Crippen LogP contribution is 2.33. The number of amides is 2. The molecular weight excluding hydrogens is 505 g/mol. The van der Waals surface area contributed by atoms with Gasteiger partial charge in [0.15, 0.2) is 0 Å². The summed E-state index contributed by atoms with van der Waals surface area (Å²) < 4.78 is 64.1. The first-order chi connectivity index (χ1) is 15.6. The van der Waals surface area contributed by atoms with E-state index in [2.05, 4.69) is 5.32 Å². The highest BCUT2D eigenvalue weighted by Gasteiger charge is 2.55. The molecule has 2 amide bonds. The van der Waals surface area contributed by atoms with Gasteiger partial charge in [0.05, 0.1) is 33.2 Å².